The Labute approximate surface area is 217 Å². The lowest BCUT2D eigenvalue weighted by Crippen LogP contribution is -2.57. The summed E-state index contributed by atoms with van der Waals surface area (Å²) in [5, 5.41) is 8.50. The molecule has 2 aliphatic rings. The number of ether oxygens (including phenoxy) is 1. The van der Waals surface area contributed by atoms with E-state index in [9.17, 15) is 19.2 Å². The maximum absolute atomic E-state index is 13.6. The van der Waals surface area contributed by atoms with Gasteiger partial charge in [0.2, 0.25) is 17.7 Å². The number of methoxy groups -OCH3 is 1. The van der Waals surface area contributed by atoms with Gasteiger partial charge in [-0.3, -0.25) is 19.2 Å². The van der Waals surface area contributed by atoms with Crippen LogP contribution < -0.4 is 20.7 Å². The Balaban J connectivity index is 1.53. The number of nitrogens with one attached hydrogen (secondary N) is 3. The van der Waals surface area contributed by atoms with E-state index < -0.39 is 35.4 Å². The molecule has 1 saturated heterocycles. The Kier molecular flexibility index (Phi) is 8.26. The van der Waals surface area contributed by atoms with E-state index in [0.29, 0.717) is 31.4 Å². The second kappa shape index (κ2) is 11.6. The van der Waals surface area contributed by atoms with Crippen molar-refractivity contribution in [1.82, 2.24) is 16.0 Å². The van der Waals surface area contributed by atoms with Crippen molar-refractivity contribution in [1.29, 1.82) is 0 Å². The Morgan fingerprint density at radius 3 is 2.24 bits per heavy atom. The third-order valence-electron chi connectivity index (χ3n) is 7.29. The van der Waals surface area contributed by atoms with Crippen LogP contribution in [0.1, 0.15) is 50.2 Å². The molecule has 8 heteroatoms. The van der Waals surface area contributed by atoms with Crippen LogP contribution in [0.25, 0.3) is 0 Å². The summed E-state index contributed by atoms with van der Waals surface area (Å²) in [5.74, 6) is -0.302. The van der Waals surface area contributed by atoms with E-state index in [1.807, 2.05) is 49.4 Å². The van der Waals surface area contributed by atoms with E-state index in [2.05, 4.69) is 16.0 Å². The van der Waals surface area contributed by atoms with Crippen LogP contribution in [-0.2, 0) is 32.0 Å². The number of amides is 3. The van der Waals surface area contributed by atoms with Gasteiger partial charge in [0.05, 0.1) is 13.2 Å². The Morgan fingerprint density at radius 1 is 0.973 bits per heavy atom. The Morgan fingerprint density at radius 2 is 1.62 bits per heavy atom. The summed E-state index contributed by atoms with van der Waals surface area (Å²) in [5.41, 5.74) is 1.36. The van der Waals surface area contributed by atoms with E-state index in [4.69, 9.17) is 4.74 Å². The molecule has 2 fully saturated rings. The van der Waals surface area contributed by atoms with Crippen LogP contribution in [0.2, 0.25) is 0 Å². The zero-order chi connectivity index (χ0) is 26.4. The molecular formula is C29H35N3O5. The van der Waals surface area contributed by atoms with E-state index in [-0.39, 0.29) is 18.1 Å². The first kappa shape index (κ1) is 26.4. The number of rotatable bonds is 11. The molecule has 196 valence electrons. The van der Waals surface area contributed by atoms with Gasteiger partial charge in [-0.1, -0.05) is 49.4 Å². The lowest BCUT2D eigenvalue weighted by atomic mass is 9.92. The van der Waals surface area contributed by atoms with Crippen molar-refractivity contribution in [2.45, 2.75) is 70.0 Å². The van der Waals surface area contributed by atoms with Crippen LogP contribution in [0.4, 0.5) is 0 Å². The number of ketones is 1. The molecule has 4 rings (SSSR count). The number of hydrogen-bond donors (Lipinski definition) is 3. The number of piperidine rings is 1. The summed E-state index contributed by atoms with van der Waals surface area (Å²) >= 11 is 0. The molecule has 3 amide bonds. The zero-order valence-corrected chi connectivity index (χ0v) is 21.4. The highest BCUT2D eigenvalue weighted by atomic mass is 16.5. The standard InChI is InChI=1S/C29H35N3O5/c1-29(15-16-29)26(34)23(17-19-7-4-3-5-8-19)31-28(36)24(18-20-11-13-21(37-2)14-12-20)32-27(35)22-9-6-10-25(33)30-22/h3-5,7-8,11-14,22-24H,6,9-10,15-18H2,1-2H3,(H,30,33)(H,31,36)(H,32,35). The minimum absolute atomic E-state index is 0.0128. The molecule has 37 heavy (non-hydrogen) atoms. The van der Waals surface area contributed by atoms with Gasteiger partial charge >= 0.3 is 0 Å². The number of carbonyl (C=O) groups is 4. The number of hydrogen-bond acceptors (Lipinski definition) is 5. The molecule has 0 spiro atoms. The van der Waals surface area contributed by atoms with Crippen LogP contribution in [-0.4, -0.2) is 48.7 Å². The first-order valence-corrected chi connectivity index (χ1v) is 12.9. The average Bonchev–Trinajstić information content (AvgIpc) is 3.66. The first-order chi connectivity index (χ1) is 17.8. The van der Waals surface area contributed by atoms with E-state index in [0.717, 1.165) is 24.0 Å². The monoisotopic (exact) mass is 505 g/mol. The van der Waals surface area contributed by atoms with Gasteiger partial charge in [0, 0.05) is 18.3 Å². The van der Waals surface area contributed by atoms with Crippen molar-refractivity contribution in [3.63, 3.8) is 0 Å². The van der Waals surface area contributed by atoms with Crippen molar-refractivity contribution in [2.24, 2.45) is 5.41 Å². The molecule has 1 saturated carbocycles. The summed E-state index contributed by atoms with van der Waals surface area (Å²) in [4.78, 5) is 51.8. The summed E-state index contributed by atoms with van der Waals surface area (Å²) in [6.07, 6.45) is 3.74. The van der Waals surface area contributed by atoms with Crippen LogP contribution >= 0.6 is 0 Å². The fourth-order valence-electron chi connectivity index (χ4n) is 4.67. The topological polar surface area (TPSA) is 114 Å². The van der Waals surface area contributed by atoms with E-state index in [1.165, 1.54) is 0 Å². The summed E-state index contributed by atoms with van der Waals surface area (Å²) in [7, 11) is 1.58. The second-order valence-electron chi connectivity index (χ2n) is 10.3. The highest BCUT2D eigenvalue weighted by Crippen LogP contribution is 2.46. The first-order valence-electron chi connectivity index (χ1n) is 12.9. The van der Waals surface area contributed by atoms with Crippen LogP contribution in [0.5, 0.6) is 5.75 Å². The SMILES string of the molecule is COc1ccc(CC(NC(=O)C2CCCC(=O)N2)C(=O)NC(Cc2ccccc2)C(=O)C2(C)CC2)cc1. The average molecular weight is 506 g/mol. The smallest absolute Gasteiger partial charge is 0.243 e. The maximum atomic E-state index is 13.6. The third kappa shape index (κ3) is 6.96. The Hall–Kier alpha value is -3.68. The number of carbonyl (C=O) groups excluding carboxylic acids is 4. The fraction of sp³-hybridized carbons (Fsp3) is 0.448. The van der Waals surface area contributed by atoms with Crippen molar-refractivity contribution < 1.29 is 23.9 Å². The molecule has 0 bridgehead atoms. The second-order valence-corrected chi connectivity index (χ2v) is 10.3. The predicted octanol–water partition coefficient (Wildman–Crippen LogP) is 2.49. The van der Waals surface area contributed by atoms with Crippen LogP contribution in [0, 0.1) is 5.41 Å². The summed E-state index contributed by atoms with van der Waals surface area (Å²) < 4.78 is 5.22. The molecule has 0 radical (unpaired) electrons. The fourth-order valence-corrected chi connectivity index (χ4v) is 4.67. The minimum Gasteiger partial charge on any atom is -0.497 e. The van der Waals surface area contributed by atoms with Crippen molar-refractivity contribution in [3.8, 4) is 5.75 Å². The lowest BCUT2D eigenvalue weighted by molar-refractivity contribution is -0.135. The third-order valence-corrected chi connectivity index (χ3v) is 7.29. The molecule has 0 aromatic heterocycles. The molecule has 3 unspecified atom stereocenters. The number of benzene rings is 2. The maximum Gasteiger partial charge on any atom is 0.243 e. The van der Waals surface area contributed by atoms with Crippen molar-refractivity contribution >= 4 is 23.5 Å². The van der Waals surface area contributed by atoms with Gasteiger partial charge in [-0.2, -0.15) is 0 Å². The molecule has 2 aromatic carbocycles. The predicted molar refractivity (Wildman–Crippen MR) is 139 cm³/mol. The van der Waals surface area contributed by atoms with Gasteiger partial charge in [0.15, 0.2) is 5.78 Å². The van der Waals surface area contributed by atoms with Gasteiger partial charge in [0.25, 0.3) is 0 Å². The molecule has 1 heterocycles. The van der Waals surface area contributed by atoms with Gasteiger partial charge in [-0.15, -0.1) is 0 Å². The molecule has 3 atom stereocenters. The highest BCUT2D eigenvalue weighted by Gasteiger charge is 2.48. The molecule has 2 aromatic rings. The quantitative estimate of drug-likeness (QED) is 0.434. The molecule has 8 nitrogen and oxygen atoms in total. The lowest BCUT2D eigenvalue weighted by Gasteiger charge is -2.27. The highest BCUT2D eigenvalue weighted by molar-refractivity contribution is 5.97. The number of Topliss-reactive ketones (excluding diaryl/α,β-unsaturated/α-hetero) is 1. The van der Waals surface area contributed by atoms with E-state index >= 15 is 0 Å². The van der Waals surface area contributed by atoms with Gasteiger partial charge in [-0.25, -0.2) is 0 Å². The van der Waals surface area contributed by atoms with Crippen molar-refractivity contribution in [3.05, 3.63) is 65.7 Å². The minimum atomic E-state index is -0.919. The van der Waals surface area contributed by atoms with Crippen LogP contribution in [0.15, 0.2) is 54.6 Å². The van der Waals surface area contributed by atoms with Gasteiger partial charge < -0.3 is 20.7 Å². The largest absolute Gasteiger partial charge is 0.497 e. The molecule has 3 N–H and O–H groups in total. The Bertz CT molecular complexity index is 1130. The normalized spacial score (nSPS) is 19.6. The molecule has 1 aliphatic heterocycles. The molecule has 1 aliphatic carbocycles. The summed E-state index contributed by atoms with van der Waals surface area (Å²) in [6.45, 7) is 1.93. The molecular weight excluding hydrogens is 470 g/mol. The zero-order valence-electron chi connectivity index (χ0n) is 21.4. The summed E-state index contributed by atoms with van der Waals surface area (Å²) in [6, 6.07) is 14.6. The van der Waals surface area contributed by atoms with E-state index in [1.54, 1.807) is 19.2 Å². The van der Waals surface area contributed by atoms with Crippen LogP contribution in [0.3, 0.4) is 0 Å². The van der Waals surface area contributed by atoms with Gasteiger partial charge in [-0.05, 0) is 55.4 Å². The van der Waals surface area contributed by atoms with Gasteiger partial charge in [0.1, 0.15) is 17.8 Å². The van der Waals surface area contributed by atoms with Crippen molar-refractivity contribution in [2.75, 3.05) is 7.11 Å².